The van der Waals surface area contributed by atoms with E-state index in [1.807, 2.05) is 41.5 Å². The zero-order chi connectivity index (χ0) is 48.3. The predicted molar refractivity (Wildman–Crippen MR) is 238 cm³/mol. The van der Waals surface area contributed by atoms with Crippen LogP contribution in [0.25, 0.3) is 0 Å². The van der Waals surface area contributed by atoms with Gasteiger partial charge in [-0.2, -0.15) is 0 Å². The van der Waals surface area contributed by atoms with Crippen LogP contribution in [-0.4, -0.2) is 179 Å². The van der Waals surface area contributed by atoms with Crippen LogP contribution in [0.15, 0.2) is 0 Å². The Labute approximate surface area is 375 Å². The van der Waals surface area contributed by atoms with Gasteiger partial charge in [0.1, 0.15) is 42.3 Å². The van der Waals surface area contributed by atoms with Crippen LogP contribution in [0, 0.1) is 17.8 Å². The van der Waals surface area contributed by atoms with E-state index in [0.717, 1.165) is 24.2 Å². The second kappa shape index (κ2) is 24.1. The van der Waals surface area contributed by atoms with Gasteiger partial charge in [-0.25, -0.2) is 0 Å². The van der Waals surface area contributed by atoms with Gasteiger partial charge in [-0.05, 0) is 90.9 Å². The van der Waals surface area contributed by atoms with E-state index in [1.54, 1.807) is 25.7 Å². The lowest BCUT2D eigenvalue weighted by Crippen LogP contribution is -2.63. The third-order valence-electron chi connectivity index (χ3n) is 11.8. The molecule has 2 saturated heterocycles. The van der Waals surface area contributed by atoms with Crippen LogP contribution in [0.2, 0.25) is 0 Å². The minimum absolute atomic E-state index is 0.117. The van der Waals surface area contributed by atoms with Crippen molar-refractivity contribution in [1.82, 2.24) is 40.4 Å². The van der Waals surface area contributed by atoms with Gasteiger partial charge in [-0.15, -0.1) is 0 Å². The van der Waals surface area contributed by atoms with Gasteiger partial charge in [-0.3, -0.25) is 38.4 Å². The third kappa shape index (κ3) is 16.0. The number of amides is 8. The van der Waals surface area contributed by atoms with Crippen molar-refractivity contribution in [2.24, 2.45) is 17.8 Å². The number of rotatable bonds is 10. The van der Waals surface area contributed by atoms with Crippen LogP contribution < -0.4 is 16.0 Å². The molecular formula is C45H80N8O10. The zero-order valence-electron chi connectivity index (χ0n) is 40.8. The Hall–Kier alpha value is -4.32. The fourth-order valence-electron chi connectivity index (χ4n) is 7.80. The zero-order valence-corrected chi connectivity index (χ0v) is 40.8. The molecule has 4 N–H and O–H groups in total. The third-order valence-corrected chi connectivity index (χ3v) is 11.8. The van der Waals surface area contributed by atoms with Crippen molar-refractivity contribution in [3.05, 3.63) is 0 Å². The average Bonchev–Trinajstić information content (AvgIpc) is 3.20. The molecule has 0 aromatic heterocycles. The summed E-state index contributed by atoms with van der Waals surface area (Å²) < 4.78 is 6.04. The molecule has 0 aliphatic carbocycles. The van der Waals surface area contributed by atoms with E-state index in [0.29, 0.717) is 13.1 Å². The summed E-state index contributed by atoms with van der Waals surface area (Å²) in [7, 11) is 5.64. The number of hydrogen-bond acceptors (Lipinski definition) is 10. The molecule has 0 spiro atoms. The van der Waals surface area contributed by atoms with Crippen molar-refractivity contribution in [1.29, 1.82) is 0 Å². The molecule has 8 atom stereocenters. The van der Waals surface area contributed by atoms with Crippen molar-refractivity contribution < 1.29 is 48.2 Å². The lowest BCUT2D eigenvalue weighted by atomic mass is 9.98. The molecule has 2 aliphatic heterocycles. The van der Waals surface area contributed by atoms with Crippen LogP contribution in [0.1, 0.15) is 121 Å². The summed E-state index contributed by atoms with van der Waals surface area (Å²) in [6.45, 7) is 19.9. The highest BCUT2D eigenvalue weighted by Gasteiger charge is 2.42. The number of carbonyl (C=O) groups is 8. The van der Waals surface area contributed by atoms with Gasteiger partial charge in [-0.1, -0.05) is 41.5 Å². The number of ether oxygens (including phenoxy) is 1. The maximum absolute atomic E-state index is 14.6. The first-order valence-corrected chi connectivity index (χ1v) is 22.7. The van der Waals surface area contributed by atoms with Crippen LogP contribution in [0.3, 0.4) is 0 Å². The Morgan fingerprint density at radius 3 is 1.52 bits per heavy atom. The Bertz CT molecular complexity index is 1610. The predicted octanol–water partition coefficient (Wildman–Crippen LogP) is 1.52. The molecule has 0 aromatic rings. The number of nitrogens with one attached hydrogen (secondary N) is 3. The standard InChI is InChI=1S/C45H80N8O10/c1-26(2)21-33-38(56)46-31(43(61)53-19-17-16-18-20-53)24-36(55)49(12)29(7)41(59)50(13)35(23-28(5)6)40(58)48-37(30(8)54)44(62)52(15)34(22-27(3)4)39(57)47-32(42(60)51(33)14)25-63-45(9,10)11/h26-35,37,54H,16-25H2,1-15H3,(H,46,56)(H,47,57)(H,48,58)/t29?,30-,31?,32+,33+,34+,35+,37+/m1/s1. The highest BCUT2D eigenvalue weighted by molar-refractivity contribution is 5.99. The van der Waals surface area contributed by atoms with Crippen LogP contribution in [0.5, 0.6) is 0 Å². The molecule has 2 aliphatic rings. The maximum atomic E-state index is 14.6. The number of hydrogen-bond donors (Lipinski definition) is 4. The smallest absolute Gasteiger partial charge is 0.248 e. The second-order valence-electron chi connectivity index (χ2n) is 19.8. The van der Waals surface area contributed by atoms with Gasteiger partial charge in [0.25, 0.3) is 0 Å². The molecule has 2 rings (SSSR count). The number of aliphatic hydroxyl groups excluding tert-OH is 1. The lowest BCUT2D eigenvalue weighted by Gasteiger charge is -2.37. The van der Waals surface area contributed by atoms with Gasteiger partial charge in [0.2, 0.25) is 47.3 Å². The van der Waals surface area contributed by atoms with Crippen molar-refractivity contribution in [2.45, 2.75) is 175 Å². The summed E-state index contributed by atoms with van der Waals surface area (Å²) in [4.78, 5) is 121. The van der Waals surface area contributed by atoms with Crippen LogP contribution in [-0.2, 0) is 43.1 Å². The maximum Gasteiger partial charge on any atom is 0.248 e. The first kappa shape index (κ1) is 54.8. The molecule has 0 saturated carbocycles. The Morgan fingerprint density at radius 2 is 1.08 bits per heavy atom. The van der Waals surface area contributed by atoms with E-state index in [4.69, 9.17) is 4.74 Å². The highest BCUT2D eigenvalue weighted by atomic mass is 16.5. The molecule has 360 valence electrons. The molecule has 0 aromatic carbocycles. The largest absolute Gasteiger partial charge is 0.391 e. The highest BCUT2D eigenvalue weighted by Crippen LogP contribution is 2.21. The monoisotopic (exact) mass is 893 g/mol. The molecule has 18 heteroatoms. The minimum Gasteiger partial charge on any atom is -0.391 e. The second-order valence-corrected chi connectivity index (χ2v) is 19.8. The van der Waals surface area contributed by atoms with E-state index in [9.17, 15) is 43.5 Å². The molecule has 2 fully saturated rings. The number of nitrogens with zero attached hydrogens (tertiary/aromatic N) is 5. The van der Waals surface area contributed by atoms with Crippen molar-refractivity contribution >= 4 is 47.3 Å². The van der Waals surface area contributed by atoms with E-state index in [2.05, 4.69) is 16.0 Å². The van der Waals surface area contributed by atoms with Gasteiger partial charge < -0.3 is 50.3 Å². The van der Waals surface area contributed by atoms with Crippen molar-refractivity contribution in [3.8, 4) is 0 Å². The number of piperidine rings is 1. The lowest BCUT2D eigenvalue weighted by molar-refractivity contribution is -0.151. The van der Waals surface area contributed by atoms with Crippen LogP contribution >= 0.6 is 0 Å². The summed E-state index contributed by atoms with van der Waals surface area (Å²) in [5.41, 5.74) is -0.753. The van der Waals surface area contributed by atoms with E-state index in [1.165, 1.54) is 56.7 Å². The SMILES string of the molecule is CC(C)C[C@H]1C(=O)N[C@@H]([C@@H](C)O)C(=O)N(C)[C@@H](CC(C)C)C(=O)N[C@@H](COC(C)(C)C)C(=O)N(C)[C@@H](CC(C)C)C(=O)NC(C(=O)N2CCCCC2)CC(=O)N(C)C(C)C(=O)N1C. The van der Waals surface area contributed by atoms with Gasteiger partial charge in [0, 0.05) is 41.3 Å². The number of likely N-dealkylation sites (tertiary alicyclic amines) is 1. The van der Waals surface area contributed by atoms with E-state index >= 15 is 0 Å². The van der Waals surface area contributed by atoms with Gasteiger partial charge >= 0.3 is 0 Å². The Morgan fingerprint density at radius 1 is 0.651 bits per heavy atom. The molecule has 63 heavy (non-hydrogen) atoms. The Kier molecular flexibility index (Phi) is 21.0. The topological polar surface area (TPSA) is 218 Å². The van der Waals surface area contributed by atoms with Crippen molar-refractivity contribution in [3.63, 3.8) is 0 Å². The van der Waals surface area contributed by atoms with E-state index < -0.39 is 108 Å². The summed E-state index contributed by atoms with van der Waals surface area (Å²) in [5, 5.41) is 19.2. The first-order valence-electron chi connectivity index (χ1n) is 22.7. The molecule has 8 amide bonds. The summed E-state index contributed by atoms with van der Waals surface area (Å²) in [6.07, 6.45) is 0.936. The first-order chi connectivity index (χ1) is 29.1. The fraction of sp³-hybridized carbons (Fsp3) is 0.822. The molecule has 2 heterocycles. The number of likely N-dealkylation sites (N-methyl/N-ethyl adjacent to an activating group) is 4. The van der Waals surface area contributed by atoms with Crippen molar-refractivity contribution in [2.75, 3.05) is 47.9 Å². The minimum atomic E-state index is -1.54. The normalized spacial score (nSPS) is 27.1. The molecular weight excluding hydrogens is 813 g/mol. The summed E-state index contributed by atoms with van der Waals surface area (Å²) >= 11 is 0. The average molecular weight is 893 g/mol. The summed E-state index contributed by atoms with van der Waals surface area (Å²) in [6, 6.07) is -8.86. The molecule has 18 nitrogen and oxygen atoms in total. The molecule has 2 unspecified atom stereocenters. The van der Waals surface area contributed by atoms with Gasteiger partial charge in [0.15, 0.2) is 0 Å². The number of carbonyl (C=O) groups excluding carboxylic acids is 8. The van der Waals surface area contributed by atoms with E-state index in [-0.39, 0.29) is 43.6 Å². The molecule has 0 bridgehead atoms. The molecule has 0 radical (unpaired) electrons. The summed E-state index contributed by atoms with van der Waals surface area (Å²) in [5.74, 6) is -5.68. The Balaban J connectivity index is 2.88. The fourth-order valence-corrected chi connectivity index (χ4v) is 7.80. The quantitative estimate of drug-likeness (QED) is 0.248. The van der Waals surface area contributed by atoms with Crippen LogP contribution in [0.4, 0.5) is 0 Å². The van der Waals surface area contributed by atoms with Gasteiger partial charge in [0.05, 0.1) is 24.7 Å². The number of aliphatic hydroxyl groups is 1.